The van der Waals surface area contributed by atoms with Crippen LogP contribution in [0.25, 0.3) is 0 Å². The van der Waals surface area contributed by atoms with Gasteiger partial charge >= 0.3 is 6.03 Å². The highest BCUT2D eigenvalue weighted by Gasteiger charge is 2.52. The molecule has 1 spiro atoms. The average Bonchev–Trinajstić information content (AvgIpc) is 3.22. The van der Waals surface area contributed by atoms with Crippen molar-refractivity contribution in [2.45, 2.75) is 51.0 Å². The Morgan fingerprint density at radius 1 is 1.24 bits per heavy atom. The van der Waals surface area contributed by atoms with E-state index in [1.165, 1.54) is 0 Å². The molecule has 8 heteroatoms. The summed E-state index contributed by atoms with van der Waals surface area (Å²) in [5.74, 6) is -0.141. The smallest absolute Gasteiger partial charge is 0.324 e. The van der Waals surface area contributed by atoms with Crippen molar-refractivity contribution in [2.75, 3.05) is 23.3 Å². The first-order chi connectivity index (χ1) is 13.9. The van der Waals surface area contributed by atoms with Gasteiger partial charge in [0.05, 0.1) is 0 Å². The third-order valence-corrected chi connectivity index (χ3v) is 6.19. The lowest BCUT2D eigenvalue weighted by Gasteiger charge is -2.33. The van der Waals surface area contributed by atoms with E-state index in [-0.39, 0.29) is 18.4 Å². The van der Waals surface area contributed by atoms with Crippen LogP contribution in [0, 0.1) is 5.92 Å². The van der Waals surface area contributed by atoms with E-state index >= 15 is 0 Å². The number of anilines is 2. The summed E-state index contributed by atoms with van der Waals surface area (Å²) in [6.07, 6.45) is 4.35. The summed E-state index contributed by atoms with van der Waals surface area (Å²) in [7, 11) is 0. The minimum absolute atomic E-state index is 0.0694. The van der Waals surface area contributed by atoms with Crippen LogP contribution in [-0.4, -0.2) is 47.3 Å². The van der Waals surface area contributed by atoms with Gasteiger partial charge in [-0.1, -0.05) is 13.0 Å². The summed E-state index contributed by atoms with van der Waals surface area (Å²) >= 11 is 0. The predicted molar refractivity (Wildman–Crippen MR) is 107 cm³/mol. The Bertz CT molecular complexity index is 860. The number of hydrogen-bond acceptors (Lipinski definition) is 4. The standard InChI is InChI=1S/C21H26N4O4/c1-14-7-9-21(10-8-14)19(28)25(20(29)23-21)13-17(26)22-15-4-2-5-16(12-15)24-11-3-6-18(24)27/h2,4-5,12,14H,3,6-11,13H2,1H3,(H,22,26)(H,23,29). The number of nitrogens with zero attached hydrogens (tertiary/aromatic N) is 2. The second-order valence-corrected chi connectivity index (χ2v) is 8.33. The Balaban J connectivity index is 1.40. The molecule has 3 aliphatic rings. The number of carbonyl (C=O) groups excluding carboxylic acids is 4. The molecule has 8 nitrogen and oxygen atoms in total. The van der Waals surface area contributed by atoms with Gasteiger partial charge in [0.2, 0.25) is 11.8 Å². The van der Waals surface area contributed by atoms with Gasteiger partial charge in [0.15, 0.2) is 0 Å². The van der Waals surface area contributed by atoms with Crippen LogP contribution >= 0.6 is 0 Å². The summed E-state index contributed by atoms with van der Waals surface area (Å²) in [5, 5.41) is 5.56. The van der Waals surface area contributed by atoms with Crippen molar-refractivity contribution in [3.05, 3.63) is 24.3 Å². The Labute approximate surface area is 169 Å². The molecule has 5 amide bonds. The van der Waals surface area contributed by atoms with Crippen molar-refractivity contribution in [2.24, 2.45) is 5.92 Å². The third-order valence-electron chi connectivity index (χ3n) is 6.19. The zero-order valence-electron chi connectivity index (χ0n) is 16.6. The lowest BCUT2D eigenvalue weighted by molar-refractivity contribution is -0.135. The van der Waals surface area contributed by atoms with Crippen molar-refractivity contribution in [1.82, 2.24) is 10.2 Å². The van der Waals surface area contributed by atoms with Gasteiger partial charge in [0.1, 0.15) is 12.1 Å². The number of nitrogens with one attached hydrogen (secondary N) is 2. The van der Waals surface area contributed by atoms with Crippen LogP contribution in [0.5, 0.6) is 0 Å². The van der Waals surface area contributed by atoms with Crippen molar-refractivity contribution >= 4 is 35.1 Å². The van der Waals surface area contributed by atoms with E-state index in [0.717, 1.165) is 29.8 Å². The highest BCUT2D eigenvalue weighted by Crippen LogP contribution is 2.36. The molecule has 4 rings (SSSR count). The third kappa shape index (κ3) is 3.71. The Kier molecular flexibility index (Phi) is 5.02. The summed E-state index contributed by atoms with van der Waals surface area (Å²) in [6, 6.07) is 6.54. The molecular weight excluding hydrogens is 372 g/mol. The van der Waals surface area contributed by atoms with Gasteiger partial charge in [-0.15, -0.1) is 0 Å². The fourth-order valence-corrected chi connectivity index (χ4v) is 4.43. The topological polar surface area (TPSA) is 98.8 Å². The Morgan fingerprint density at radius 3 is 2.69 bits per heavy atom. The number of imide groups is 1. The number of hydrogen-bond donors (Lipinski definition) is 2. The van der Waals surface area contributed by atoms with Crippen LogP contribution < -0.4 is 15.5 Å². The molecule has 2 saturated heterocycles. The molecule has 1 saturated carbocycles. The van der Waals surface area contributed by atoms with E-state index in [0.29, 0.717) is 37.4 Å². The molecule has 3 fully saturated rings. The molecule has 1 aromatic rings. The van der Waals surface area contributed by atoms with E-state index < -0.39 is 17.5 Å². The van der Waals surface area contributed by atoms with Gasteiger partial charge in [-0.05, 0) is 56.2 Å². The van der Waals surface area contributed by atoms with Crippen molar-refractivity contribution < 1.29 is 19.2 Å². The molecule has 0 atom stereocenters. The van der Waals surface area contributed by atoms with Gasteiger partial charge in [0, 0.05) is 24.3 Å². The minimum Gasteiger partial charge on any atom is -0.324 e. The molecule has 2 N–H and O–H groups in total. The molecule has 0 unspecified atom stereocenters. The van der Waals surface area contributed by atoms with Crippen molar-refractivity contribution in [3.63, 3.8) is 0 Å². The number of amides is 5. The number of rotatable bonds is 4. The molecule has 0 bridgehead atoms. The molecule has 29 heavy (non-hydrogen) atoms. The largest absolute Gasteiger partial charge is 0.325 e. The Hall–Kier alpha value is -2.90. The average molecular weight is 398 g/mol. The molecule has 154 valence electrons. The maximum Gasteiger partial charge on any atom is 0.325 e. The number of urea groups is 1. The fourth-order valence-electron chi connectivity index (χ4n) is 4.43. The van der Waals surface area contributed by atoms with Gasteiger partial charge in [-0.3, -0.25) is 19.3 Å². The van der Waals surface area contributed by atoms with Crippen molar-refractivity contribution in [1.29, 1.82) is 0 Å². The van der Waals surface area contributed by atoms with Gasteiger partial charge < -0.3 is 15.5 Å². The molecule has 2 aliphatic heterocycles. The van der Waals surface area contributed by atoms with Crippen LogP contribution in [0.15, 0.2) is 24.3 Å². The van der Waals surface area contributed by atoms with E-state index in [4.69, 9.17) is 0 Å². The summed E-state index contributed by atoms with van der Waals surface area (Å²) in [5.41, 5.74) is 0.413. The zero-order valence-corrected chi connectivity index (χ0v) is 16.6. The first-order valence-electron chi connectivity index (χ1n) is 10.2. The molecule has 2 heterocycles. The monoisotopic (exact) mass is 398 g/mol. The number of benzene rings is 1. The molecule has 0 aromatic heterocycles. The lowest BCUT2D eigenvalue weighted by atomic mass is 9.77. The first kappa shape index (κ1) is 19.4. The van der Waals surface area contributed by atoms with Crippen LogP contribution in [-0.2, 0) is 14.4 Å². The van der Waals surface area contributed by atoms with Crippen LogP contribution in [0.4, 0.5) is 16.2 Å². The van der Waals surface area contributed by atoms with E-state index in [1.54, 1.807) is 23.1 Å². The normalized spacial score (nSPS) is 26.9. The SMILES string of the molecule is CC1CCC2(CC1)NC(=O)N(CC(=O)Nc1cccc(N3CCCC3=O)c1)C2=O. The first-order valence-corrected chi connectivity index (χ1v) is 10.2. The van der Waals surface area contributed by atoms with E-state index in [9.17, 15) is 19.2 Å². The summed E-state index contributed by atoms with van der Waals surface area (Å²) in [6.45, 7) is 2.48. The van der Waals surface area contributed by atoms with Crippen molar-refractivity contribution in [3.8, 4) is 0 Å². The lowest BCUT2D eigenvalue weighted by Crippen LogP contribution is -2.49. The predicted octanol–water partition coefficient (Wildman–Crippen LogP) is 2.25. The van der Waals surface area contributed by atoms with Crippen LogP contribution in [0.1, 0.15) is 45.4 Å². The highest BCUT2D eigenvalue weighted by atomic mass is 16.2. The fraction of sp³-hybridized carbons (Fsp3) is 0.524. The zero-order chi connectivity index (χ0) is 20.6. The number of carbonyl (C=O) groups is 4. The van der Waals surface area contributed by atoms with Crippen LogP contribution in [0.3, 0.4) is 0 Å². The van der Waals surface area contributed by atoms with Gasteiger partial charge in [-0.25, -0.2) is 4.79 Å². The maximum atomic E-state index is 12.9. The van der Waals surface area contributed by atoms with E-state index in [2.05, 4.69) is 17.6 Å². The second kappa shape index (κ2) is 7.50. The van der Waals surface area contributed by atoms with E-state index in [1.807, 2.05) is 6.07 Å². The minimum atomic E-state index is -0.847. The molecule has 1 aromatic carbocycles. The maximum absolute atomic E-state index is 12.9. The summed E-state index contributed by atoms with van der Waals surface area (Å²) < 4.78 is 0. The quantitative estimate of drug-likeness (QED) is 0.760. The second-order valence-electron chi connectivity index (χ2n) is 8.33. The highest BCUT2D eigenvalue weighted by molar-refractivity contribution is 6.10. The summed E-state index contributed by atoms with van der Waals surface area (Å²) in [4.78, 5) is 52.4. The Morgan fingerprint density at radius 2 is 2.00 bits per heavy atom. The van der Waals surface area contributed by atoms with Gasteiger partial charge in [-0.2, -0.15) is 0 Å². The molecule has 0 radical (unpaired) electrons. The van der Waals surface area contributed by atoms with Crippen LogP contribution in [0.2, 0.25) is 0 Å². The molecule has 1 aliphatic carbocycles. The van der Waals surface area contributed by atoms with Gasteiger partial charge in [0.25, 0.3) is 5.91 Å². The molecular formula is C21H26N4O4.